The highest BCUT2D eigenvalue weighted by atomic mass is 35.5. The molecule has 0 aromatic heterocycles. The Morgan fingerprint density at radius 2 is 1.73 bits per heavy atom. The average Bonchev–Trinajstić information content (AvgIpc) is 3.86. The largest absolute Gasteiger partial charge is 0.348 e. The third kappa shape index (κ3) is 5.61. The zero-order chi connectivity index (χ0) is 31.8. The van der Waals surface area contributed by atoms with Crippen LogP contribution in [0.2, 0.25) is 5.02 Å². The van der Waals surface area contributed by atoms with E-state index >= 15 is 8.42 Å². The third-order valence-corrected chi connectivity index (χ3v) is 13.1. The molecule has 1 saturated heterocycles. The predicted octanol–water partition coefficient (Wildman–Crippen LogP) is 5.86. The Morgan fingerprint density at radius 1 is 1.04 bits per heavy atom. The van der Waals surface area contributed by atoms with Crippen LogP contribution in [0.5, 0.6) is 0 Å². The zero-order valence-electron chi connectivity index (χ0n) is 26.1. The van der Waals surface area contributed by atoms with Crippen molar-refractivity contribution in [3.05, 3.63) is 94.3 Å². The van der Waals surface area contributed by atoms with Gasteiger partial charge in [-0.1, -0.05) is 43.6 Å². The van der Waals surface area contributed by atoms with E-state index in [4.69, 9.17) is 11.6 Å². The van der Waals surface area contributed by atoms with E-state index in [9.17, 15) is 9.18 Å². The van der Waals surface area contributed by atoms with Gasteiger partial charge in [0.05, 0.1) is 5.41 Å². The molecule has 2 aliphatic heterocycles. The lowest BCUT2D eigenvalue weighted by Crippen LogP contribution is -2.66. The van der Waals surface area contributed by atoms with Gasteiger partial charge in [-0.05, 0) is 99.9 Å². The van der Waals surface area contributed by atoms with E-state index in [1.165, 1.54) is 24.3 Å². The Balaban J connectivity index is 1.51. The highest BCUT2D eigenvalue weighted by molar-refractivity contribution is 7.91. The molecule has 3 aromatic carbocycles. The van der Waals surface area contributed by atoms with E-state index in [1.54, 1.807) is 12.1 Å². The minimum atomic E-state index is -4.05. The summed E-state index contributed by atoms with van der Waals surface area (Å²) in [5.41, 5.74) is 2.65. The molecule has 1 aliphatic carbocycles. The number of piperidine rings is 1. The summed E-state index contributed by atoms with van der Waals surface area (Å²) in [6.07, 6.45) is 3.53. The van der Waals surface area contributed by atoms with Crippen molar-refractivity contribution in [1.82, 2.24) is 19.4 Å². The first-order chi connectivity index (χ1) is 21.7. The van der Waals surface area contributed by atoms with Crippen molar-refractivity contribution in [2.75, 3.05) is 39.3 Å². The summed E-state index contributed by atoms with van der Waals surface area (Å²) in [5.74, 6) is -0.453. The van der Waals surface area contributed by atoms with E-state index < -0.39 is 21.3 Å². The summed E-state index contributed by atoms with van der Waals surface area (Å²) in [4.78, 5) is 16.0. The van der Waals surface area contributed by atoms with Crippen LogP contribution in [0.4, 0.5) is 10.1 Å². The van der Waals surface area contributed by atoms with Crippen LogP contribution in [0.15, 0.2) is 71.6 Å². The van der Waals surface area contributed by atoms with Gasteiger partial charge in [0.2, 0.25) is 0 Å². The van der Waals surface area contributed by atoms with Crippen LogP contribution in [0.25, 0.3) is 0 Å². The van der Waals surface area contributed by atoms with Crippen LogP contribution < -0.4 is 14.5 Å². The van der Waals surface area contributed by atoms with Gasteiger partial charge in [-0.25, -0.2) is 4.39 Å². The van der Waals surface area contributed by atoms with Gasteiger partial charge < -0.3 is 10.6 Å². The number of benzene rings is 3. The molecule has 2 heterocycles. The maximum atomic E-state index is 15.2. The third-order valence-electron chi connectivity index (χ3n) is 10.4. The van der Waals surface area contributed by atoms with Gasteiger partial charge in [0.15, 0.2) is 5.69 Å². The highest BCUT2D eigenvalue weighted by Crippen LogP contribution is 2.62. The van der Waals surface area contributed by atoms with Crippen LogP contribution in [0.1, 0.15) is 61.0 Å². The van der Waals surface area contributed by atoms with E-state index in [-0.39, 0.29) is 33.2 Å². The number of amides is 1. The summed E-state index contributed by atoms with van der Waals surface area (Å²) in [7, 11) is -4.05. The molecule has 2 fully saturated rings. The van der Waals surface area contributed by atoms with Gasteiger partial charge >= 0.3 is 10.0 Å². The van der Waals surface area contributed by atoms with Crippen LogP contribution >= 0.6 is 11.6 Å². The highest BCUT2D eigenvalue weighted by Gasteiger charge is 2.70. The van der Waals surface area contributed by atoms with E-state index in [2.05, 4.69) is 29.4 Å². The van der Waals surface area contributed by atoms with E-state index in [0.29, 0.717) is 23.7 Å². The molecule has 6 rings (SSSR count). The number of nitrogens with zero attached hydrogens (tertiary/aromatic N) is 2. The van der Waals surface area contributed by atoms with Crippen molar-refractivity contribution in [2.24, 2.45) is 5.92 Å². The maximum Gasteiger partial charge on any atom is 0.332 e. The molecule has 2 atom stereocenters. The Morgan fingerprint density at radius 3 is 2.38 bits per heavy atom. The lowest BCUT2D eigenvalue weighted by molar-refractivity contribution is 0.0950. The molecule has 1 saturated carbocycles. The molecular formula is C35H43ClFN4O3S+. The smallest absolute Gasteiger partial charge is 0.332 e. The molecule has 3 aromatic rings. The number of carbonyl (C=O) groups excluding carboxylic acids is 1. The summed E-state index contributed by atoms with van der Waals surface area (Å²) in [6.45, 7) is 8.64. The van der Waals surface area contributed by atoms with Crippen LogP contribution in [-0.4, -0.2) is 64.5 Å². The number of fused-ring (bicyclic) bond motifs is 2. The number of nitrogens with one attached hydrogen (secondary N) is 2. The lowest BCUT2D eigenvalue weighted by Gasteiger charge is -2.46. The molecule has 1 spiro atoms. The van der Waals surface area contributed by atoms with Gasteiger partial charge in [-0.3, -0.25) is 9.69 Å². The number of hydrogen-bond donors (Lipinski definition) is 2. The van der Waals surface area contributed by atoms with Crippen LogP contribution in [0.3, 0.4) is 0 Å². The lowest BCUT2D eigenvalue weighted by atomic mass is 9.68. The summed E-state index contributed by atoms with van der Waals surface area (Å²) in [6, 6.07) is 18.2. The molecule has 240 valence electrons. The minimum absolute atomic E-state index is 0.132. The fraction of sp³-hybridized carbons (Fsp3) is 0.457. The number of rotatable bonds is 11. The van der Waals surface area contributed by atoms with Gasteiger partial charge in [0.1, 0.15) is 23.3 Å². The molecule has 45 heavy (non-hydrogen) atoms. The van der Waals surface area contributed by atoms with Crippen LogP contribution in [0, 0.1) is 11.7 Å². The number of carbonyl (C=O) groups is 1. The molecule has 10 heteroatoms. The van der Waals surface area contributed by atoms with Crippen molar-refractivity contribution in [1.29, 1.82) is 0 Å². The Hall–Kier alpha value is -2.82. The van der Waals surface area contributed by atoms with Gasteiger partial charge in [-0.15, -0.1) is 0 Å². The SMILES string of the molecule is CCN(CC)CC[N+]1(S(=O)(=O)c2ccc(F)cc2)c2ccc(C(=O)NCc3ccccc3Cl)cc2C2(CCNCC2)C1C1CC1. The molecule has 7 nitrogen and oxygen atoms in total. The van der Waals surface area contributed by atoms with Crippen molar-refractivity contribution >= 4 is 33.2 Å². The normalized spacial score (nSPS) is 22.5. The number of halogens is 2. The quantitative estimate of drug-likeness (QED) is 0.254. The molecular weight excluding hydrogens is 611 g/mol. The van der Waals surface area contributed by atoms with E-state index in [0.717, 1.165) is 68.7 Å². The second-order valence-corrected chi connectivity index (χ2v) is 15.1. The molecule has 2 unspecified atom stereocenters. The van der Waals surface area contributed by atoms with Crippen molar-refractivity contribution in [2.45, 2.75) is 62.4 Å². The molecule has 1 amide bonds. The second-order valence-electron chi connectivity index (χ2n) is 12.7. The average molecular weight is 654 g/mol. The standard InChI is InChI=1S/C35H42ClFN4O3S/c1-3-40(4-2)21-22-41(45(43,44)29-14-12-28(37)13-15-29)32-16-11-26(34(42)39-24-27-7-5-6-8-31(27)36)23-30(32)35(17-19-38-20-18-35)33(41)25-9-10-25/h5-8,11-16,23,25,33,38H,3-4,9-10,17-22,24H2,1-2H3/p+1. The topological polar surface area (TPSA) is 78.5 Å². The molecule has 3 aliphatic rings. The first-order valence-electron chi connectivity index (χ1n) is 16.2. The van der Waals surface area contributed by atoms with Gasteiger partial charge in [-0.2, -0.15) is 12.3 Å². The summed E-state index contributed by atoms with van der Waals surface area (Å²) in [5, 5.41) is 7.11. The molecule has 0 bridgehead atoms. The minimum Gasteiger partial charge on any atom is -0.348 e. The maximum absolute atomic E-state index is 15.2. The van der Waals surface area contributed by atoms with Gasteiger partial charge in [0, 0.05) is 41.2 Å². The Bertz CT molecular complexity index is 1650. The summed E-state index contributed by atoms with van der Waals surface area (Å²) < 4.78 is 44.3. The van der Waals surface area contributed by atoms with Crippen LogP contribution in [-0.2, 0) is 22.0 Å². The number of likely N-dealkylation sites (N-methyl/N-ethyl adjacent to an activating group) is 1. The Kier molecular flexibility index (Phi) is 9.11. The number of hydrogen-bond acceptors (Lipinski definition) is 5. The predicted molar refractivity (Wildman–Crippen MR) is 177 cm³/mol. The Labute approximate surface area is 271 Å². The number of quaternary nitrogens is 1. The fourth-order valence-corrected chi connectivity index (χ4v) is 10.4. The van der Waals surface area contributed by atoms with Crippen molar-refractivity contribution in [3.8, 4) is 0 Å². The van der Waals surface area contributed by atoms with E-state index in [1.807, 2.05) is 30.3 Å². The second kappa shape index (κ2) is 12.8. The monoisotopic (exact) mass is 653 g/mol. The molecule has 0 radical (unpaired) electrons. The van der Waals surface area contributed by atoms with Crippen molar-refractivity contribution in [3.63, 3.8) is 0 Å². The van der Waals surface area contributed by atoms with Crippen molar-refractivity contribution < 1.29 is 17.6 Å². The summed E-state index contributed by atoms with van der Waals surface area (Å²) >= 11 is 6.35. The zero-order valence-corrected chi connectivity index (χ0v) is 27.6. The fourth-order valence-electron chi connectivity index (χ4n) is 7.96. The number of sulfonamides is 1. The first-order valence-corrected chi connectivity index (χ1v) is 18.0. The van der Waals surface area contributed by atoms with Gasteiger partial charge in [0.25, 0.3) is 5.91 Å². The molecule has 2 N–H and O–H groups in total. The first kappa shape index (κ1) is 32.1.